The normalized spacial score (nSPS) is 17.4. The van der Waals surface area contributed by atoms with Gasteiger partial charge < -0.3 is 10.2 Å². The van der Waals surface area contributed by atoms with Crippen molar-refractivity contribution in [1.29, 1.82) is 0 Å². The van der Waals surface area contributed by atoms with Crippen molar-refractivity contribution < 1.29 is 0 Å². The average molecular weight is 819 g/mol. The zero-order valence-electron chi connectivity index (χ0n) is 35.0. The Morgan fingerprint density at radius 2 is 1.11 bits per heavy atom. The van der Waals surface area contributed by atoms with E-state index in [0.29, 0.717) is 0 Å². The lowest BCUT2D eigenvalue weighted by atomic mass is 9.86. The number of aromatic nitrogens is 1. The van der Waals surface area contributed by atoms with E-state index in [1.54, 1.807) is 0 Å². The molecule has 0 spiro atoms. The zero-order valence-corrected chi connectivity index (χ0v) is 35.0. The maximum absolute atomic E-state index is 5.74. The van der Waals surface area contributed by atoms with Gasteiger partial charge in [-0.05, 0) is 115 Å². The molecule has 1 aromatic heterocycles. The van der Waals surface area contributed by atoms with Crippen molar-refractivity contribution in [3.8, 4) is 22.3 Å². The molecule has 0 fully saturated rings. The predicted octanol–water partition coefficient (Wildman–Crippen LogP) is 14.9. The summed E-state index contributed by atoms with van der Waals surface area (Å²) in [6.45, 7) is 0. The molecular weight excluding hydrogens is 777 g/mol. The van der Waals surface area contributed by atoms with Crippen LogP contribution in [-0.2, 0) is 0 Å². The third-order valence-electron chi connectivity index (χ3n) is 13.5. The highest BCUT2D eigenvalue weighted by Gasteiger charge is 2.44. The van der Waals surface area contributed by atoms with Crippen LogP contribution < -0.4 is 10.2 Å². The monoisotopic (exact) mass is 818 g/mol. The van der Waals surface area contributed by atoms with Crippen LogP contribution in [0.5, 0.6) is 0 Å². The van der Waals surface area contributed by atoms with E-state index in [1.165, 1.54) is 77.4 Å². The van der Waals surface area contributed by atoms with E-state index in [-0.39, 0.29) is 18.0 Å². The Morgan fingerprint density at radius 3 is 1.89 bits per heavy atom. The molecule has 9 aromatic carbocycles. The van der Waals surface area contributed by atoms with Crippen molar-refractivity contribution in [2.45, 2.75) is 18.0 Å². The molecule has 3 unspecified atom stereocenters. The maximum atomic E-state index is 5.74. The Labute approximate surface area is 372 Å². The summed E-state index contributed by atoms with van der Waals surface area (Å²) in [4.78, 5) is 8.29. The summed E-state index contributed by atoms with van der Waals surface area (Å²) in [5.74, 6) is 0.962. The van der Waals surface area contributed by atoms with E-state index in [0.717, 1.165) is 28.3 Å². The molecule has 1 aliphatic carbocycles. The molecule has 3 atom stereocenters. The van der Waals surface area contributed by atoms with E-state index >= 15 is 0 Å². The van der Waals surface area contributed by atoms with Crippen molar-refractivity contribution in [2.24, 2.45) is 4.99 Å². The number of anilines is 2. The summed E-state index contributed by atoms with van der Waals surface area (Å²) in [5, 5.41) is 10.1. The fourth-order valence-electron chi connectivity index (χ4n) is 10.5. The Bertz CT molecular complexity index is 3570. The first-order chi connectivity index (χ1) is 31.7. The highest BCUT2D eigenvalue weighted by molar-refractivity contribution is 6.05. The molecule has 4 nitrogen and oxygen atoms in total. The minimum atomic E-state index is -0.270. The molecule has 13 rings (SSSR count). The van der Waals surface area contributed by atoms with Gasteiger partial charge in [0.2, 0.25) is 5.96 Å². The standard InChI is InChI=1S/C60H42N4/c1-2-22-49(23-3-1)63-56-26-10-8-24-50(56)52-32-33-53-51-25-9-11-27-57(51)64(59(53)58(52)63)60-61-54(47-20-12-18-43(36-47)45-30-28-39-14-4-6-16-41(39)34-45)38-55(62-60)48-21-13-19-44(37-48)46-31-29-40-15-5-7-17-42(40)35-46/h1-38,52,54,58H,(H,61,62). The lowest BCUT2D eigenvalue weighted by Gasteiger charge is -2.34. The number of hydrogen-bond acceptors (Lipinski definition) is 3. The van der Waals surface area contributed by atoms with Gasteiger partial charge >= 0.3 is 0 Å². The second-order valence-corrected chi connectivity index (χ2v) is 17.2. The highest BCUT2D eigenvalue weighted by atomic mass is 15.3. The number of para-hydroxylation sites is 3. The summed E-state index contributed by atoms with van der Waals surface area (Å²) in [6, 6.07) is 76.9. The van der Waals surface area contributed by atoms with Crippen LogP contribution in [0.1, 0.15) is 45.9 Å². The summed E-state index contributed by atoms with van der Waals surface area (Å²) < 4.78 is 2.44. The van der Waals surface area contributed by atoms with Gasteiger partial charge in [0, 0.05) is 33.9 Å². The second kappa shape index (κ2) is 14.7. The minimum absolute atomic E-state index is 0.00281. The fraction of sp³-hybridized carbons (Fsp3) is 0.0500. The van der Waals surface area contributed by atoms with Crippen LogP contribution in [-0.4, -0.2) is 10.5 Å². The molecule has 64 heavy (non-hydrogen) atoms. The van der Waals surface area contributed by atoms with Gasteiger partial charge in [0.15, 0.2) is 0 Å². The second-order valence-electron chi connectivity index (χ2n) is 17.2. The topological polar surface area (TPSA) is 32.6 Å². The Hall–Kier alpha value is -8.21. The third-order valence-corrected chi connectivity index (χ3v) is 13.5. The van der Waals surface area contributed by atoms with Gasteiger partial charge in [-0.3, -0.25) is 4.57 Å². The van der Waals surface area contributed by atoms with E-state index in [1.807, 2.05) is 0 Å². The molecular formula is C60H42N4. The summed E-state index contributed by atoms with van der Waals surface area (Å²) in [6.07, 6.45) is 7.09. The van der Waals surface area contributed by atoms with Crippen LogP contribution in [0.25, 0.3) is 66.5 Å². The lowest BCUT2D eigenvalue weighted by molar-refractivity contribution is 0.638. The number of nitrogens with one attached hydrogen (secondary N) is 1. The number of fused-ring (bicyclic) bond motifs is 9. The molecule has 4 heteroatoms. The van der Waals surface area contributed by atoms with E-state index in [9.17, 15) is 0 Å². The van der Waals surface area contributed by atoms with Gasteiger partial charge in [0.05, 0.1) is 23.3 Å². The molecule has 0 saturated heterocycles. The van der Waals surface area contributed by atoms with Crippen molar-refractivity contribution in [3.63, 3.8) is 0 Å². The molecule has 302 valence electrons. The zero-order chi connectivity index (χ0) is 42.1. The number of nitrogens with zero attached hydrogens (tertiary/aromatic N) is 3. The van der Waals surface area contributed by atoms with E-state index in [2.05, 4.69) is 245 Å². The SMILES string of the molecule is C1=CC2c3ccccc3N(c3ccccc3)C2c2c1c1ccccc1n2C1=NC(c2cccc(-c3ccc4ccccc4c3)c2)C=C(c2cccc(-c3ccc4ccccc4c3)c2)N1. The first kappa shape index (κ1) is 36.4. The van der Waals surface area contributed by atoms with E-state index in [4.69, 9.17) is 4.99 Å². The van der Waals surface area contributed by atoms with Crippen molar-refractivity contribution in [2.75, 3.05) is 4.90 Å². The average Bonchev–Trinajstić information content (AvgIpc) is 3.89. The molecule has 2 aliphatic heterocycles. The smallest absolute Gasteiger partial charge is 0.208 e. The van der Waals surface area contributed by atoms with Crippen LogP contribution in [0.2, 0.25) is 0 Å². The van der Waals surface area contributed by atoms with Crippen molar-refractivity contribution in [1.82, 2.24) is 9.88 Å². The molecule has 10 aromatic rings. The van der Waals surface area contributed by atoms with Crippen LogP contribution in [0.4, 0.5) is 11.4 Å². The molecule has 3 aliphatic rings. The lowest BCUT2D eigenvalue weighted by Crippen LogP contribution is -2.36. The molecule has 3 heterocycles. The molecule has 0 saturated carbocycles. The van der Waals surface area contributed by atoms with E-state index < -0.39 is 0 Å². The van der Waals surface area contributed by atoms with Crippen LogP contribution >= 0.6 is 0 Å². The van der Waals surface area contributed by atoms with Gasteiger partial charge in [0.25, 0.3) is 0 Å². The molecule has 1 N–H and O–H groups in total. The summed E-state index contributed by atoms with van der Waals surface area (Å²) in [7, 11) is 0. The third kappa shape index (κ3) is 5.95. The minimum Gasteiger partial charge on any atom is -0.331 e. The molecule has 0 amide bonds. The van der Waals surface area contributed by atoms with Crippen LogP contribution in [0.15, 0.2) is 229 Å². The van der Waals surface area contributed by atoms with Crippen molar-refractivity contribution in [3.05, 3.63) is 252 Å². The van der Waals surface area contributed by atoms with Crippen LogP contribution in [0.3, 0.4) is 0 Å². The van der Waals surface area contributed by atoms with Gasteiger partial charge in [-0.15, -0.1) is 0 Å². The predicted molar refractivity (Wildman–Crippen MR) is 267 cm³/mol. The van der Waals surface area contributed by atoms with Gasteiger partial charge in [-0.2, -0.15) is 0 Å². The number of benzene rings is 9. The summed E-state index contributed by atoms with van der Waals surface area (Å²) >= 11 is 0. The number of rotatable bonds is 5. The van der Waals surface area contributed by atoms with Crippen molar-refractivity contribution >= 4 is 61.6 Å². The summed E-state index contributed by atoms with van der Waals surface area (Å²) in [5.41, 5.74) is 15.3. The first-order valence-electron chi connectivity index (χ1n) is 22.2. The molecule has 0 radical (unpaired) electrons. The Morgan fingerprint density at radius 1 is 0.484 bits per heavy atom. The van der Waals surface area contributed by atoms with Crippen LogP contribution in [0, 0.1) is 0 Å². The van der Waals surface area contributed by atoms with Gasteiger partial charge in [-0.25, -0.2) is 4.99 Å². The number of aliphatic imine (C=N–C) groups is 1. The maximum Gasteiger partial charge on any atom is 0.208 e. The quantitative estimate of drug-likeness (QED) is 0.188. The Kier molecular flexibility index (Phi) is 8.38. The Balaban J connectivity index is 0.998. The molecule has 0 bridgehead atoms. The number of hydrogen-bond donors (Lipinski definition) is 1. The largest absolute Gasteiger partial charge is 0.331 e. The first-order valence-corrected chi connectivity index (χ1v) is 22.2. The van der Waals surface area contributed by atoms with Gasteiger partial charge in [0.1, 0.15) is 0 Å². The highest BCUT2D eigenvalue weighted by Crippen LogP contribution is 2.57. The fourth-order valence-corrected chi connectivity index (χ4v) is 10.5. The van der Waals surface area contributed by atoms with Gasteiger partial charge in [-0.1, -0.05) is 176 Å².